The number of aromatic nitrogens is 2. The molecule has 2 nitrogen and oxygen atoms in total. The summed E-state index contributed by atoms with van der Waals surface area (Å²) in [6.45, 7) is 2.16. The number of nitrogens with zero attached hydrogens (tertiary/aromatic N) is 2. The zero-order valence-electron chi connectivity index (χ0n) is 11.2. The Labute approximate surface area is 117 Å². The number of fused-ring (bicyclic) bond motifs is 3. The van der Waals surface area contributed by atoms with Crippen LogP contribution in [0.15, 0.2) is 67.0 Å². The fraction of sp³-hybridized carbons (Fsp3) is 0.0556. The Kier molecular flexibility index (Phi) is 2.36. The molecule has 0 amide bonds. The van der Waals surface area contributed by atoms with Crippen LogP contribution >= 0.6 is 0 Å². The Bertz CT molecular complexity index is 905. The second-order valence-corrected chi connectivity index (χ2v) is 5.03. The molecule has 0 radical (unpaired) electrons. The minimum atomic E-state index is 1.16. The molecule has 0 atom stereocenters. The molecule has 0 bridgehead atoms. The quantitative estimate of drug-likeness (QED) is 0.492. The van der Waals surface area contributed by atoms with E-state index in [1.807, 2.05) is 18.5 Å². The van der Waals surface area contributed by atoms with Gasteiger partial charge in [0, 0.05) is 22.7 Å². The van der Waals surface area contributed by atoms with Crippen LogP contribution in [0, 0.1) is 6.92 Å². The van der Waals surface area contributed by atoms with Crippen molar-refractivity contribution >= 4 is 21.8 Å². The number of benzene rings is 2. The van der Waals surface area contributed by atoms with Crippen LogP contribution in [0.1, 0.15) is 5.56 Å². The van der Waals surface area contributed by atoms with E-state index < -0.39 is 0 Å². The van der Waals surface area contributed by atoms with Gasteiger partial charge in [0.15, 0.2) is 0 Å². The summed E-state index contributed by atoms with van der Waals surface area (Å²) >= 11 is 0. The van der Waals surface area contributed by atoms with Gasteiger partial charge in [0.25, 0.3) is 0 Å². The second-order valence-electron chi connectivity index (χ2n) is 5.03. The van der Waals surface area contributed by atoms with Crippen LogP contribution in [0.3, 0.4) is 0 Å². The fourth-order valence-electron chi connectivity index (χ4n) is 2.95. The summed E-state index contributed by atoms with van der Waals surface area (Å²) in [5.74, 6) is 0. The Morgan fingerprint density at radius 3 is 2.55 bits per heavy atom. The van der Waals surface area contributed by atoms with Gasteiger partial charge in [0.1, 0.15) is 0 Å². The van der Waals surface area contributed by atoms with E-state index in [0.29, 0.717) is 0 Å². The monoisotopic (exact) mass is 258 g/mol. The molecule has 2 aromatic carbocycles. The summed E-state index contributed by atoms with van der Waals surface area (Å²) in [5.41, 5.74) is 4.86. The molecule has 2 heterocycles. The first-order valence-corrected chi connectivity index (χ1v) is 6.75. The van der Waals surface area contributed by atoms with Crippen LogP contribution in [-0.2, 0) is 0 Å². The molecule has 0 aliphatic heterocycles. The Morgan fingerprint density at radius 1 is 0.850 bits per heavy atom. The van der Waals surface area contributed by atoms with E-state index in [2.05, 4.69) is 65.0 Å². The number of rotatable bonds is 1. The number of hydrogen-bond acceptors (Lipinski definition) is 1. The van der Waals surface area contributed by atoms with Gasteiger partial charge in [-0.1, -0.05) is 30.3 Å². The van der Waals surface area contributed by atoms with Gasteiger partial charge in [0.2, 0.25) is 0 Å². The van der Waals surface area contributed by atoms with E-state index in [0.717, 1.165) is 5.52 Å². The third-order valence-corrected chi connectivity index (χ3v) is 3.82. The largest absolute Gasteiger partial charge is 0.308 e. The van der Waals surface area contributed by atoms with Gasteiger partial charge >= 0.3 is 0 Å². The SMILES string of the molecule is Cc1cccc2c1c1ccncc1n2-c1ccccc1. The maximum absolute atomic E-state index is 4.30. The van der Waals surface area contributed by atoms with Crippen molar-refractivity contribution in [2.45, 2.75) is 6.92 Å². The van der Waals surface area contributed by atoms with Crippen molar-refractivity contribution in [1.29, 1.82) is 0 Å². The van der Waals surface area contributed by atoms with Gasteiger partial charge in [-0.15, -0.1) is 0 Å². The minimum Gasteiger partial charge on any atom is -0.308 e. The molecule has 4 rings (SSSR count). The van der Waals surface area contributed by atoms with Crippen molar-refractivity contribution in [3.05, 3.63) is 72.6 Å². The van der Waals surface area contributed by atoms with Crippen molar-refractivity contribution in [1.82, 2.24) is 9.55 Å². The van der Waals surface area contributed by atoms with Gasteiger partial charge in [-0.05, 0) is 36.8 Å². The maximum atomic E-state index is 4.30. The highest BCUT2D eigenvalue weighted by atomic mass is 15.0. The highest BCUT2D eigenvalue weighted by Crippen LogP contribution is 2.33. The molecule has 20 heavy (non-hydrogen) atoms. The van der Waals surface area contributed by atoms with Crippen molar-refractivity contribution < 1.29 is 0 Å². The molecule has 0 unspecified atom stereocenters. The van der Waals surface area contributed by atoms with Crippen molar-refractivity contribution in [3.63, 3.8) is 0 Å². The number of para-hydroxylation sites is 1. The summed E-state index contributed by atoms with van der Waals surface area (Å²) in [7, 11) is 0. The first-order chi connectivity index (χ1) is 9.86. The minimum absolute atomic E-state index is 1.16. The predicted octanol–water partition coefficient (Wildman–Crippen LogP) is 4.49. The van der Waals surface area contributed by atoms with Gasteiger partial charge in [0.05, 0.1) is 17.2 Å². The van der Waals surface area contributed by atoms with Gasteiger partial charge in [-0.2, -0.15) is 0 Å². The molecule has 0 saturated heterocycles. The topological polar surface area (TPSA) is 17.8 Å². The average molecular weight is 258 g/mol. The molecule has 0 aliphatic rings. The molecular weight excluding hydrogens is 244 g/mol. The first-order valence-electron chi connectivity index (χ1n) is 6.75. The van der Waals surface area contributed by atoms with Crippen LogP contribution in [0.25, 0.3) is 27.5 Å². The lowest BCUT2D eigenvalue weighted by atomic mass is 10.1. The van der Waals surface area contributed by atoms with Crippen LogP contribution in [0.5, 0.6) is 0 Å². The number of pyridine rings is 1. The normalized spacial score (nSPS) is 11.2. The fourth-order valence-corrected chi connectivity index (χ4v) is 2.95. The van der Waals surface area contributed by atoms with E-state index in [-0.39, 0.29) is 0 Å². The lowest BCUT2D eigenvalue weighted by Crippen LogP contribution is -1.93. The van der Waals surface area contributed by atoms with Crippen LogP contribution in [0.2, 0.25) is 0 Å². The number of aryl methyl sites for hydroxylation is 1. The van der Waals surface area contributed by atoms with E-state index in [1.165, 1.54) is 27.5 Å². The smallest absolute Gasteiger partial charge is 0.0724 e. The third kappa shape index (κ3) is 1.48. The summed E-state index contributed by atoms with van der Waals surface area (Å²) in [6, 6.07) is 19.0. The zero-order valence-corrected chi connectivity index (χ0v) is 11.2. The van der Waals surface area contributed by atoms with Gasteiger partial charge < -0.3 is 4.57 Å². The summed E-state index contributed by atoms with van der Waals surface area (Å²) < 4.78 is 2.28. The standard InChI is InChI=1S/C18H14N2/c1-13-6-5-9-16-18(13)15-10-11-19-12-17(15)20(16)14-7-3-2-4-8-14/h2-12H,1H3. The molecule has 96 valence electrons. The molecular formula is C18H14N2. The molecule has 0 aliphatic carbocycles. The van der Waals surface area contributed by atoms with Gasteiger partial charge in [-0.3, -0.25) is 4.98 Å². The van der Waals surface area contributed by atoms with Crippen LogP contribution < -0.4 is 0 Å². The predicted molar refractivity (Wildman–Crippen MR) is 83.3 cm³/mol. The first kappa shape index (κ1) is 11.2. The van der Waals surface area contributed by atoms with E-state index in [1.54, 1.807) is 0 Å². The van der Waals surface area contributed by atoms with Crippen molar-refractivity contribution in [3.8, 4) is 5.69 Å². The van der Waals surface area contributed by atoms with E-state index in [9.17, 15) is 0 Å². The lowest BCUT2D eigenvalue weighted by Gasteiger charge is -2.07. The Hall–Kier alpha value is -2.61. The van der Waals surface area contributed by atoms with E-state index >= 15 is 0 Å². The average Bonchev–Trinajstić information content (AvgIpc) is 2.84. The Balaban J connectivity index is 2.26. The molecule has 4 aromatic rings. The number of hydrogen-bond donors (Lipinski definition) is 0. The Morgan fingerprint density at radius 2 is 1.70 bits per heavy atom. The van der Waals surface area contributed by atoms with E-state index in [4.69, 9.17) is 0 Å². The molecule has 0 spiro atoms. The highest BCUT2D eigenvalue weighted by molar-refractivity contribution is 6.10. The molecule has 0 fully saturated rings. The van der Waals surface area contributed by atoms with Crippen molar-refractivity contribution in [2.24, 2.45) is 0 Å². The van der Waals surface area contributed by atoms with Crippen molar-refractivity contribution in [2.75, 3.05) is 0 Å². The summed E-state index contributed by atoms with van der Waals surface area (Å²) in [5, 5.41) is 2.57. The molecule has 2 heteroatoms. The second kappa shape index (κ2) is 4.20. The molecule has 0 saturated carbocycles. The molecule has 0 N–H and O–H groups in total. The zero-order chi connectivity index (χ0) is 13.5. The summed E-state index contributed by atoms with van der Waals surface area (Å²) in [6.07, 6.45) is 3.81. The summed E-state index contributed by atoms with van der Waals surface area (Å²) in [4.78, 5) is 4.30. The highest BCUT2D eigenvalue weighted by Gasteiger charge is 2.12. The van der Waals surface area contributed by atoms with Crippen LogP contribution in [0.4, 0.5) is 0 Å². The lowest BCUT2D eigenvalue weighted by molar-refractivity contribution is 1.16. The third-order valence-electron chi connectivity index (χ3n) is 3.82. The van der Waals surface area contributed by atoms with Gasteiger partial charge in [-0.25, -0.2) is 0 Å². The molecule has 2 aromatic heterocycles. The van der Waals surface area contributed by atoms with Crippen LogP contribution in [-0.4, -0.2) is 9.55 Å². The maximum Gasteiger partial charge on any atom is 0.0724 e.